The van der Waals surface area contributed by atoms with Crippen molar-refractivity contribution in [1.82, 2.24) is 0 Å². The van der Waals surface area contributed by atoms with E-state index in [2.05, 4.69) is 12.2 Å². The van der Waals surface area contributed by atoms with E-state index in [9.17, 15) is 4.79 Å². The number of nitrogen functional groups attached to an aromatic ring is 1. The Hall–Kier alpha value is -1.07. The lowest BCUT2D eigenvalue weighted by Gasteiger charge is -2.19. The van der Waals surface area contributed by atoms with Crippen LogP contribution < -0.4 is 11.1 Å². The summed E-state index contributed by atoms with van der Waals surface area (Å²) in [7, 11) is 0. The summed E-state index contributed by atoms with van der Waals surface area (Å²) in [6.45, 7) is 6.23. The summed E-state index contributed by atoms with van der Waals surface area (Å²) in [5.41, 5.74) is 7.16. The Morgan fingerprint density at radius 3 is 2.80 bits per heavy atom. The monoisotopic (exact) mass is 316 g/mol. The average Bonchev–Trinajstić information content (AvgIpc) is 2.39. The number of hydrogen-bond acceptors (Lipinski definition) is 5. The molecule has 0 bridgehead atoms. The van der Waals surface area contributed by atoms with Crippen LogP contribution in [0.3, 0.4) is 0 Å². The summed E-state index contributed by atoms with van der Waals surface area (Å²) < 4.78 is 5.04. The van der Waals surface area contributed by atoms with Crippen LogP contribution in [0.5, 0.6) is 0 Å². The molecule has 0 aliphatic rings. The fourth-order valence-electron chi connectivity index (χ4n) is 1.73. The molecule has 0 aliphatic heterocycles. The van der Waals surface area contributed by atoms with E-state index in [0.29, 0.717) is 28.6 Å². The Kier molecular flexibility index (Phi) is 7.02. The van der Waals surface area contributed by atoms with Crippen molar-refractivity contribution >= 4 is 40.7 Å². The molecule has 1 aromatic carbocycles. The number of nitrogens with one attached hydrogen (secondary N) is 1. The van der Waals surface area contributed by atoms with Gasteiger partial charge in [0.25, 0.3) is 0 Å². The van der Waals surface area contributed by atoms with Crippen molar-refractivity contribution in [2.45, 2.75) is 26.8 Å². The van der Waals surface area contributed by atoms with Crippen LogP contribution in [-0.2, 0) is 4.74 Å². The highest BCUT2D eigenvalue weighted by atomic mass is 35.5. The number of anilines is 2. The number of carbonyl (C=O) groups excluding carboxylic acids is 1. The first-order chi connectivity index (χ1) is 9.49. The van der Waals surface area contributed by atoms with Crippen LogP contribution in [0.1, 0.15) is 31.1 Å². The van der Waals surface area contributed by atoms with E-state index in [0.717, 1.165) is 11.5 Å². The van der Waals surface area contributed by atoms with Gasteiger partial charge in [0.1, 0.15) is 0 Å². The lowest BCUT2D eigenvalue weighted by Crippen LogP contribution is -2.21. The third kappa shape index (κ3) is 4.80. The van der Waals surface area contributed by atoms with E-state index in [1.165, 1.54) is 0 Å². The Bertz CT molecular complexity index is 469. The van der Waals surface area contributed by atoms with Crippen molar-refractivity contribution in [1.29, 1.82) is 0 Å². The minimum absolute atomic E-state index is 0.189. The molecule has 4 nitrogen and oxygen atoms in total. The van der Waals surface area contributed by atoms with Gasteiger partial charge >= 0.3 is 5.97 Å². The number of thioether (sulfide) groups is 1. The Morgan fingerprint density at radius 2 is 2.20 bits per heavy atom. The van der Waals surface area contributed by atoms with Crippen molar-refractivity contribution in [3.63, 3.8) is 0 Å². The summed E-state index contributed by atoms with van der Waals surface area (Å²) in [6.07, 6.45) is 0. The highest BCUT2D eigenvalue weighted by Gasteiger charge is 2.18. The summed E-state index contributed by atoms with van der Waals surface area (Å²) in [5, 5.41) is 3.70. The van der Waals surface area contributed by atoms with Crippen LogP contribution in [0.4, 0.5) is 11.4 Å². The van der Waals surface area contributed by atoms with Crippen molar-refractivity contribution in [2.75, 3.05) is 29.2 Å². The van der Waals surface area contributed by atoms with Gasteiger partial charge in [0, 0.05) is 17.5 Å². The summed E-state index contributed by atoms with van der Waals surface area (Å²) >= 11 is 8.02. The van der Waals surface area contributed by atoms with E-state index in [-0.39, 0.29) is 6.04 Å². The Labute approximate surface area is 129 Å². The molecule has 112 valence electrons. The minimum atomic E-state index is -0.417. The minimum Gasteiger partial charge on any atom is -0.462 e. The molecular weight excluding hydrogens is 296 g/mol. The van der Waals surface area contributed by atoms with Gasteiger partial charge in [0.15, 0.2) is 0 Å². The molecule has 0 heterocycles. The second kappa shape index (κ2) is 8.27. The second-order valence-electron chi connectivity index (χ2n) is 4.35. The number of hydrogen-bond donors (Lipinski definition) is 2. The molecule has 1 unspecified atom stereocenters. The standard InChI is InChI=1S/C14H21ClN2O2S/c1-4-19-14(18)11-6-10(16)7-12(15)13(11)17-9(3)8-20-5-2/h6-7,9,17H,4-5,8,16H2,1-3H3. The smallest absolute Gasteiger partial charge is 0.340 e. The van der Waals surface area contributed by atoms with Gasteiger partial charge in [-0.1, -0.05) is 18.5 Å². The number of esters is 1. The zero-order valence-electron chi connectivity index (χ0n) is 12.0. The van der Waals surface area contributed by atoms with Gasteiger partial charge in [0.05, 0.1) is 22.9 Å². The zero-order valence-corrected chi connectivity index (χ0v) is 13.6. The second-order valence-corrected chi connectivity index (χ2v) is 6.08. The van der Waals surface area contributed by atoms with Gasteiger partial charge in [-0.15, -0.1) is 0 Å². The van der Waals surface area contributed by atoms with E-state index in [4.69, 9.17) is 22.1 Å². The van der Waals surface area contributed by atoms with Crippen LogP contribution in [0.15, 0.2) is 12.1 Å². The lowest BCUT2D eigenvalue weighted by atomic mass is 10.1. The number of carbonyl (C=O) groups is 1. The molecule has 6 heteroatoms. The van der Waals surface area contributed by atoms with Gasteiger partial charge < -0.3 is 15.8 Å². The summed E-state index contributed by atoms with van der Waals surface area (Å²) in [4.78, 5) is 12.0. The van der Waals surface area contributed by atoms with Crippen LogP contribution in [-0.4, -0.2) is 30.1 Å². The van der Waals surface area contributed by atoms with Crippen molar-refractivity contribution in [2.24, 2.45) is 0 Å². The van der Waals surface area contributed by atoms with Gasteiger partial charge in [-0.25, -0.2) is 4.79 Å². The molecule has 0 spiro atoms. The predicted molar refractivity (Wildman–Crippen MR) is 87.9 cm³/mol. The zero-order chi connectivity index (χ0) is 15.1. The summed E-state index contributed by atoms with van der Waals surface area (Å²) in [5.74, 6) is 1.56. The first-order valence-corrected chi connectivity index (χ1v) is 8.13. The maximum atomic E-state index is 12.0. The highest BCUT2D eigenvalue weighted by molar-refractivity contribution is 7.99. The largest absolute Gasteiger partial charge is 0.462 e. The van der Waals surface area contributed by atoms with Crippen LogP contribution in [0, 0.1) is 0 Å². The van der Waals surface area contributed by atoms with E-state index >= 15 is 0 Å². The molecule has 1 atom stereocenters. The maximum Gasteiger partial charge on any atom is 0.340 e. The number of nitrogens with two attached hydrogens (primary N) is 1. The average molecular weight is 317 g/mol. The SMILES string of the molecule is CCOC(=O)c1cc(N)cc(Cl)c1NC(C)CSCC. The molecule has 1 rings (SSSR count). The lowest BCUT2D eigenvalue weighted by molar-refractivity contribution is 0.0527. The van der Waals surface area contributed by atoms with Crippen molar-refractivity contribution in [3.05, 3.63) is 22.7 Å². The van der Waals surface area contributed by atoms with Crippen molar-refractivity contribution in [3.8, 4) is 0 Å². The van der Waals surface area contributed by atoms with E-state index in [1.807, 2.05) is 18.7 Å². The predicted octanol–water partition coefficient (Wildman–Crippen LogP) is 3.65. The summed E-state index contributed by atoms with van der Waals surface area (Å²) in [6, 6.07) is 3.41. The third-order valence-corrected chi connectivity index (χ3v) is 4.01. The first kappa shape index (κ1) is 17.0. The number of halogens is 1. The normalized spacial score (nSPS) is 12.0. The quantitative estimate of drug-likeness (QED) is 0.594. The first-order valence-electron chi connectivity index (χ1n) is 6.60. The van der Waals surface area contributed by atoms with Gasteiger partial charge in [-0.05, 0) is 31.7 Å². The fourth-order valence-corrected chi connectivity index (χ4v) is 2.68. The molecule has 0 fully saturated rings. The number of benzene rings is 1. The molecule has 0 saturated heterocycles. The third-order valence-electron chi connectivity index (χ3n) is 2.57. The Morgan fingerprint density at radius 1 is 1.50 bits per heavy atom. The van der Waals surface area contributed by atoms with Gasteiger partial charge in [0.2, 0.25) is 0 Å². The Balaban J connectivity index is 3.00. The highest BCUT2D eigenvalue weighted by Crippen LogP contribution is 2.30. The van der Waals surface area contributed by atoms with E-state index in [1.54, 1.807) is 19.1 Å². The molecule has 0 amide bonds. The number of ether oxygens (including phenoxy) is 1. The molecule has 0 aliphatic carbocycles. The van der Waals surface area contributed by atoms with Gasteiger partial charge in [-0.3, -0.25) is 0 Å². The number of rotatable bonds is 7. The fraction of sp³-hybridized carbons (Fsp3) is 0.500. The molecule has 0 radical (unpaired) electrons. The van der Waals surface area contributed by atoms with Crippen LogP contribution >= 0.6 is 23.4 Å². The molecule has 20 heavy (non-hydrogen) atoms. The topological polar surface area (TPSA) is 64.3 Å². The van der Waals surface area contributed by atoms with Crippen molar-refractivity contribution < 1.29 is 9.53 Å². The molecular formula is C14H21ClN2O2S. The van der Waals surface area contributed by atoms with E-state index < -0.39 is 5.97 Å². The molecule has 1 aromatic rings. The molecule has 3 N–H and O–H groups in total. The molecule has 0 aromatic heterocycles. The van der Waals surface area contributed by atoms with Crippen LogP contribution in [0.25, 0.3) is 0 Å². The maximum absolute atomic E-state index is 12.0. The van der Waals surface area contributed by atoms with Crippen LogP contribution in [0.2, 0.25) is 5.02 Å². The molecule has 0 saturated carbocycles. The van der Waals surface area contributed by atoms with Gasteiger partial charge in [-0.2, -0.15) is 11.8 Å².